The van der Waals surface area contributed by atoms with E-state index in [4.69, 9.17) is 10.8 Å². The molecule has 1 rings (SSSR count). The molecule has 0 aliphatic heterocycles. The van der Waals surface area contributed by atoms with E-state index in [2.05, 4.69) is 15.9 Å². The normalized spacial score (nSPS) is 14.7. The first-order valence-electron chi connectivity index (χ1n) is 4.05. The number of carboxylic acids is 1. The van der Waals surface area contributed by atoms with Crippen LogP contribution in [0.2, 0.25) is 0 Å². The monoisotopic (exact) mass is 277 g/mol. The molecule has 0 amide bonds. The van der Waals surface area contributed by atoms with Gasteiger partial charge in [-0.2, -0.15) is 0 Å². The average Bonchev–Trinajstić information content (AvgIpc) is 2.19. The Labute approximate surface area is 93.6 Å². The van der Waals surface area contributed by atoms with Crippen molar-refractivity contribution in [3.63, 3.8) is 0 Å². The minimum atomic E-state index is -1.47. The van der Waals surface area contributed by atoms with Crippen molar-refractivity contribution in [1.82, 2.24) is 0 Å². The lowest BCUT2D eigenvalue weighted by Gasteiger charge is -2.15. The van der Waals surface area contributed by atoms with Crippen molar-refractivity contribution in [2.45, 2.75) is 12.1 Å². The molecule has 2 unspecified atom stereocenters. The highest BCUT2D eigenvalue weighted by atomic mass is 79.9. The summed E-state index contributed by atoms with van der Waals surface area (Å²) >= 11 is 2.94. The number of aliphatic hydroxyl groups is 1. The molecule has 0 saturated carbocycles. The van der Waals surface area contributed by atoms with Gasteiger partial charge in [-0.05, 0) is 33.6 Å². The van der Waals surface area contributed by atoms with Crippen molar-refractivity contribution in [1.29, 1.82) is 0 Å². The van der Waals surface area contributed by atoms with E-state index < -0.39 is 23.9 Å². The molecule has 0 fully saturated rings. The number of aliphatic carboxylic acids is 1. The fourth-order valence-corrected chi connectivity index (χ4v) is 1.29. The van der Waals surface area contributed by atoms with E-state index in [0.29, 0.717) is 0 Å². The number of carbonyl (C=O) groups is 1. The number of hydrogen-bond acceptors (Lipinski definition) is 3. The highest BCUT2D eigenvalue weighted by molar-refractivity contribution is 9.10. The topological polar surface area (TPSA) is 83.6 Å². The summed E-state index contributed by atoms with van der Waals surface area (Å²) in [7, 11) is 0. The number of aliphatic hydroxyl groups excluding tert-OH is 1. The number of hydrogen-bond donors (Lipinski definition) is 3. The van der Waals surface area contributed by atoms with Gasteiger partial charge in [0.1, 0.15) is 18.0 Å². The smallest absolute Gasteiger partial charge is 0.323 e. The van der Waals surface area contributed by atoms with Crippen LogP contribution in [-0.4, -0.2) is 22.2 Å². The molecule has 15 heavy (non-hydrogen) atoms. The van der Waals surface area contributed by atoms with E-state index >= 15 is 0 Å². The Bertz CT molecular complexity index is 386. The van der Waals surface area contributed by atoms with Crippen LogP contribution in [0.25, 0.3) is 0 Å². The number of rotatable bonds is 3. The SMILES string of the molecule is NC(C(=O)O)C(O)c1ccc(Br)c(F)c1. The molecule has 0 aliphatic rings. The Morgan fingerprint density at radius 3 is 2.60 bits per heavy atom. The lowest BCUT2D eigenvalue weighted by molar-refractivity contribution is -0.141. The van der Waals surface area contributed by atoms with Gasteiger partial charge in [-0.3, -0.25) is 4.79 Å². The van der Waals surface area contributed by atoms with Gasteiger partial charge in [-0.25, -0.2) is 4.39 Å². The highest BCUT2D eigenvalue weighted by Gasteiger charge is 2.23. The summed E-state index contributed by atoms with van der Waals surface area (Å²) in [6.07, 6.45) is -1.43. The van der Waals surface area contributed by atoms with Crippen molar-refractivity contribution in [3.8, 4) is 0 Å². The Hall–Kier alpha value is -0.980. The summed E-state index contributed by atoms with van der Waals surface area (Å²) in [5.41, 5.74) is 5.33. The summed E-state index contributed by atoms with van der Waals surface area (Å²) in [5.74, 6) is -1.92. The molecular weight excluding hydrogens is 269 g/mol. The number of benzene rings is 1. The largest absolute Gasteiger partial charge is 0.480 e. The van der Waals surface area contributed by atoms with Crippen molar-refractivity contribution < 1.29 is 19.4 Å². The van der Waals surface area contributed by atoms with E-state index in [1.807, 2.05) is 0 Å². The maximum absolute atomic E-state index is 13.1. The molecule has 0 spiro atoms. The molecule has 1 aromatic carbocycles. The predicted octanol–water partition coefficient (Wildman–Crippen LogP) is 1.03. The van der Waals surface area contributed by atoms with Gasteiger partial charge in [0.25, 0.3) is 0 Å². The third kappa shape index (κ3) is 2.74. The maximum atomic E-state index is 13.1. The van der Waals surface area contributed by atoms with Gasteiger partial charge in [-0.15, -0.1) is 0 Å². The molecule has 0 bridgehead atoms. The van der Waals surface area contributed by atoms with E-state index in [9.17, 15) is 14.3 Å². The summed E-state index contributed by atoms with van der Waals surface area (Å²) in [5, 5.41) is 18.0. The quantitative estimate of drug-likeness (QED) is 0.771. The Kier molecular flexibility index (Phi) is 3.78. The lowest BCUT2D eigenvalue weighted by atomic mass is 10.0. The minimum Gasteiger partial charge on any atom is -0.480 e. The fraction of sp³-hybridized carbons (Fsp3) is 0.222. The standard InChI is InChI=1S/C9H9BrFNO3/c10-5-2-1-4(3-6(5)11)8(13)7(12)9(14)15/h1-3,7-8,13H,12H2,(H,14,15). The van der Waals surface area contributed by atoms with E-state index in [0.717, 1.165) is 6.07 Å². The zero-order valence-corrected chi connectivity index (χ0v) is 9.11. The summed E-state index contributed by atoms with van der Waals surface area (Å²) in [6.45, 7) is 0. The predicted molar refractivity (Wildman–Crippen MR) is 54.7 cm³/mol. The van der Waals surface area contributed by atoms with Crippen LogP contribution < -0.4 is 5.73 Å². The molecule has 0 radical (unpaired) electrons. The van der Waals surface area contributed by atoms with Crippen LogP contribution in [0.4, 0.5) is 4.39 Å². The van der Waals surface area contributed by atoms with E-state index in [-0.39, 0.29) is 10.0 Å². The molecule has 4 nitrogen and oxygen atoms in total. The van der Waals surface area contributed by atoms with Gasteiger partial charge < -0.3 is 15.9 Å². The van der Waals surface area contributed by atoms with Crippen LogP contribution in [0.3, 0.4) is 0 Å². The number of halogens is 2. The Balaban J connectivity index is 2.96. The molecule has 4 N–H and O–H groups in total. The van der Waals surface area contributed by atoms with Gasteiger partial charge in [0.2, 0.25) is 0 Å². The van der Waals surface area contributed by atoms with Crippen molar-refractivity contribution >= 4 is 21.9 Å². The van der Waals surface area contributed by atoms with E-state index in [1.165, 1.54) is 12.1 Å². The summed E-state index contributed by atoms with van der Waals surface area (Å²) in [4.78, 5) is 10.5. The van der Waals surface area contributed by atoms with Gasteiger partial charge in [-0.1, -0.05) is 6.07 Å². The molecule has 0 aliphatic carbocycles. The Morgan fingerprint density at radius 2 is 2.13 bits per heavy atom. The second-order valence-electron chi connectivity index (χ2n) is 2.98. The van der Waals surface area contributed by atoms with Gasteiger partial charge in [0.15, 0.2) is 0 Å². The highest BCUT2D eigenvalue weighted by Crippen LogP contribution is 2.22. The van der Waals surface area contributed by atoms with Crippen molar-refractivity contribution in [3.05, 3.63) is 34.1 Å². The van der Waals surface area contributed by atoms with Crippen molar-refractivity contribution in [2.75, 3.05) is 0 Å². The molecular formula is C9H9BrFNO3. The van der Waals surface area contributed by atoms with Crippen LogP contribution in [0.15, 0.2) is 22.7 Å². The molecule has 2 atom stereocenters. The molecule has 0 heterocycles. The molecule has 82 valence electrons. The fourth-order valence-electron chi connectivity index (χ4n) is 1.04. The first-order chi connectivity index (χ1) is 6.93. The van der Waals surface area contributed by atoms with Crippen molar-refractivity contribution in [2.24, 2.45) is 5.73 Å². The first kappa shape index (κ1) is 12.1. The average molecular weight is 278 g/mol. The molecule has 0 aromatic heterocycles. The molecule has 1 aromatic rings. The van der Waals surface area contributed by atoms with Crippen LogP contribution in [-0.2, 0) is 4.79 Å². The summed E-state index contributed by atoms with van der Waals surface area (Å²) in [6, 6.07) is 2.35. The van der Waals surface area contributed by atoms with E-state index in [1.54, 1.807) is 0 Å². The van der Waals surface area contributed by atoms with Crippen LogP contribution in [0, 0.1) is 5.82 Å². The first-order valence-corrected chi connectivity index (χ1v) is 4.84. The maximum Gasteiger partial charge on any atom is 0.323 e. The second kappa shape index (κ2) is 4.69. The van der Waals surface area contributed by atoms with Gasteiger partial charge >= 0.3 is 5.97 Å². The Morgan fingerprint density at radius 1 is 1.53 bits per heavy atom. The van der Waals surface area contributed by atoms with Crippen LogP contribution in [0.1, 0.15) is 11.7 Å². The number of nitrogens with two attached hydrogens (primary N) is 1. The van der Waals surface area contributed by atoms with Gasteiger partial charge in [0, 0.05) is 0 Å². The molecule has 0 saturated heterocycles. The zero-order valence-electron chi connectivity index (χ0n) is 7.52. The third-order valence-corrected chi connectivity index (χ3v) is 2.55. The van der Waals surface area contributed by atoms with Gasteiger partial charge in [0.05, 0.1) is 4.47 Å². The summed E-state index contributed by atoms with van der Waals surface area (Å²) < 4.78 is 13.3. The third-order valence-electron chi connectivity index (χ3n) is 1.91. The van der Waals surface area contributed by atoms with Crippen LogP contribution in [0.5, 0.6) is 0 Å². The second-order valence-corrected chi connectivity index (χ2v) is 3.84. The molecule has 6 heteroatoms. The lowest BCUT2D eigenvalue weighted by Crippen LogP contribution is -2.36. The van der Waals surface area contributed by atoms with Crippen LogP contribution >= 0.6 is 15.9 Å². The minimum absolute atomic E-state index is 0.130. The zero-order chi connectivity index (χ0) is 11.6. The number of carboxylic acid groups (broad SMARTS) is 1.